The zero-order chi connectivity index (χ0) is 25.5. The van der Waals surface area contributed by atoms with E-state index in [0.717, 1.165) is 5.56 Å². The van der Waals surface area contributed by atoms with E-state index in [4.69, 9.17) is 14.2 Å². The third kappa shape index (κ3) is 4.17. The predicted molar refractivity (Wildman–Crippen MR) is 138 cm³/mol. The summed E-state index contributed by atoms with van der Waals surface area (Å²) in [5.41, 5.74) is 6.18. The maximum Gasteiger partial charge on any atom is 0.410 e. The first-order chi connectivity index (χ1) is 18.0. The molecule has 2 saturated heterocycles. The van der Waals surface area contributed by atoms with Gasteiger partial charge >= 0.3 is 6.09 Å². The van der Waals surface area contributed by atoms with Crippen molar-refractivity contribution < 1.29 is 23.8 Å². The predicted octanol–water partition coefficient (Wildman–Crippen LogP) is 5.01. The van der Waals surface area contributed by atoms with Crippen molar-refractivity contribution in [1.82, 2.24) is 9.88 Å². The number of pyridine rings is 1. The van der Waals surface area contributed by atoms with Gasteiger partial charge in [0.05, 0.1) is 32.4 Å². The lowest BCUT2D eigenvalue weighted by Gasteiger charge is -2.47. The van der Waals surface area contributed by atoms with Crippen molar-refractivity contribution in [1.29, 1.82) is 0 Å². The second-order valence-electron chi connectivity index (χ2n) is 10.1. The number of piperidine rings is 1. The molecule has 1 aromatic heterocycles. The number of amides is 1. The Labute approximate surface area is 216 Å². The minimum atomic E-state index is -0.326. The molecule has 2 fully saturated rings. The number of aryl methyl sites for hydroxylation is 1. The van der Waals surface area contributed by atoms with Crippen LogP contribution < -0.4 is 4.74 Å². The molecule has 2 aromatic carbocycles. The van der Waals surface area contributed by atoms with Gasteiger partial charge in [-0.3, -0.25) is 9.69 Å². The fourth-order valence-electron chi connectivity index (χ4n) is 6.24. The summed E-state index contributed by atoms with van der Waals surface area (Å²) in [5, 5.41) is 0. The number of fused-ring (bicyclic) bond motifs is 5. The Kier molecular flexibility index (Phi) is 6.16. The van der Waals surface area contributed by atoms with E-state index in [2.05, 4.69) is 29.2 Å². The van der Waals surface area contributed by atoms with Gasteiger partial charge in [-0.2, -0.15) is 0 Å². The Bertz CT molecular complexity index is 1300. The number of methoxy groups -OCH3 is 1. The van der Waals surface area contributed by atoms with E-state index in [1.807, 2.05) is 42.2 Å². The summed E-state index contributed by atoms with van der Waals surface area (Å²) in [6.07, 6.45) is 2.35. The molecule has 2 aliphatic heterocycles. The molecular formula is C30H30N2O5. The first-order valence-electron chi connectivity index (χ1n) is 12.8. The SMILES string of the molecule is COc1ncc(C(=O)C2CC3COCC(C2)N3C(=O)OCC2c3ccccc3-c3ccccc32)cc1C. The van der Waals surface area contributed by atoms with E-state index in [0.29, 0.717) is 37.5 Å². The topological polar surface area (TPSA) is 78.0 Å². The van der Waals surface area contributed by atoms with Crippen LogP contribution >= 0.6 is 0 Å². The average molecular weight is 499 g/mol. The van der Waals surface area contributed by atoms with Crippen LogP contribution in [0.3, 0.4) is 0 Å². The number of nitrogens with zero attached hydrogens (tertiary/aromatic N) is 2. The Balaban J connectivity index is 1.16. The van der Waals surface area contributed by atoms with Crippen molar-refractivity contribution in [3.8, 4) is 17.0 Å². The number of rotatable bonds is 5. The average Bonchev–Trinajstić information content (AvgIpc) is 3.24. The van der Waals surface area contributed by atoms with Crippen molar-refractivity contribution >= 4 is 11.9 Å². The molecule has 3 aliphatic rings. The molecule has 0 N–H and O–H groups in total. The summed E-state index contributed by atoms with van der Waals surface area (Å²) in [7, 11) is 1.57. The minimum absolute atomic E-state index is 0.0115. The minimum Gasteiger partial charge on any atom is -0.481 e. The Morgan fingerprint density at radius 3 is 2.22 bits per heavy atom. The summed E-state index contributed by atoms with van der Waals surface area (Å²) in [6.45, 7) is 2.97. The molecule has 0 radical (unpaired) electrons. The Morgan fingerprint density at radius 2 is 1.62 bits per heavy atom. The van der Waals surface area contributed by atoms with E-state index in [9.17, 15) is 9.59 Å². The first-order valence-corrected chi connectivity index (χ1v) is 12.8. The molecule has 6 rings (SSSR count). The van der Waals surface area contributed by atoms with Crippen molar-refractivity contribution in [2.45, 2.75) is 37.8 Å². The molecule has 3 aromatic rings. The number of Topliss-reactive ketones (excluding diaryl/α,β-unsaturated/α-hetero) is 1. The third-order valence-electron chi connectivity index (χ3n) is 7.95. The molecule has 37 heavy (non-hydrogen) atoms. The third-order valence-corrected chi connectivity index (χ3v) is 7.95. The number of carbonyl (C=O) groups is 2. The van der Waals surface area contributed by atoms with E-state index < -0.39 is 0 Å². The lowest BCUT2D eigenvalue weighted by Crippen LogP contribution is -2.60. The van der Waals surface area contributed by atoms with Crippen LogP contribution in [0.1, 0.15) is 45.8 Å². The first kappa shape index (κ1) is 23.7. The quantitative estimate of drug-likeness (QED) is 0.460. The highest BCUT2D eigenvalue weighted by molar-refractivity contribution is 5.98. The molecule has 7 nitrogen and oxygen atoms in total. The molecule has 2 bridgehead atoms. The molecular weight excluding hydrogens is 468 g/mol. The Morgan fingerprint density at radius 1 is 1.00 bits per heavy atom. The van der Waals surface area contributed by atoms with Gasteiger partial charge in [-0.05, 0) is 48.1 Å². The zero-order valence-corrected chi connectivity index (χ0v) is 21.1. The number of ketones is 1. The highest BCUT2D eigenvalue weighted by Gasteiger charge is 2.45. The Hall–Kier alpha value is -3.71. The maximum absolute atomic E-state index is 13.4. The molecule has 0 saturated carbocycles. The van der Waals surface area contributed by atoms with Gasteiger partial charge in [0, 0.05) is 29.2 Å². The molecule has 1 amide bonds. The van der Waals surface area contributed by atoms with Gasteiger partial charge < -0.3 is 14.2 Å². The van der Waals surface area contributed by atoms with Crippen LogP contribution in [0.2, 0.25) is 0 Å². The van der Waals surface area contributed by atoms with Gasteiger partial charge in [-0.1, -0.05) is 48.5 Å². The van der Waals surface area contributed by atoms with E-state index in [1.165, 1.54) is 22.3 Å². The largest absolute Gasteiger partial charge is 0.481 e. The van der Waals surface area contributed by atoms with E-state index in [-0.39, 0.29) is 42.4 Å². The van der Waals surface area contributed by atoms with Crippen LogP contribution in [0, 0.1) is 12.8 Å². The van der Waals surface area contributed by atoms with Crippen LogP contribution in [0.15, 0.2) is 60.8 Å². The highest BCUT2D eigenvalue weighted by atomic mass is 16.6. The van der Waals surface area contributed by atoms with Crippen molar-refractivity contribution in [3.05, 3.63) is 83.0 Å². The highest BCUT2D eigenvalue weighted by Crippen LogP contribution is 2.44. The smallest absolute Gasteiger partial charge is 0.410 e. The lowest BCUT2D eigenvalue weighted by atomic mass is 9.81. The van der Waals surface area contributed by atoms with Crippen LogP contribution in [-0.4, -0.2) is 60.8 Å². The fraction of sp³-hybridized carbons (Fsp3) is 0.367. The number of hydrogen-bond acceptors (Lipinski definition) is 6. The monoisotopic (exact) mass is 498 g/mol. The number of carbonyl (C=O) groups excluding carboxylic acids is 2. The molecule has 3 heterocycles. The van der Waals surface area contributed by atoms with Crippen LogP contribution in [0.25, 0.3) is 11.1 Å². The molecule has 1 aliphatic carbocycles. The van der Waals surface area contributed by atoms with Gasteiger partial charge in [0.25, 0.3) is 0 Å². The van der Waals surface area contributed by atoms with Crippen LogP contribution in [-0.2, 0) is 9.47 Å². The summed E-state index contributed by atoms with van der Waals surface area (Å²) in [6, 6.07) is 18.1. The van der Waals surface area contributed by atoms with Gasteiger partial charge in [-0.15, -0.1) is 0 Å². The van der Waals surface area contributed by atoms with Crippen LogP contribution in [0.5, 0.6) is 5.88 Å². The van der Waals surface area contributed by atoms with Gasteiger partial charge in [0.15, 0.2) is 5.78 Å². The summed E-state index contributed by atoms with van der Waals surface area (Å²) in [5.74, 6) is 0.401. The standard InChI is InChI=1S/C30H30N2O5/c1-18-11-20(14-31-29(18)35-2)28(33)19-12-21-15-36-16-22(13-19)32(21)30(34)37-17-27-25-9-5-3-7-23(25)24-8-4-6-10-26(24)27/h3-11,14,19,21-22,27H,12-13,15-17H2,1-2H3. The number of aromatic nitrogens is 1. The number of hydrogen-bond donors (Lipinski definition) is 0. The molecule has 0 spiro atoms. The van der Waals surface area contributed by atoms with Crippen LogP contribution in [0.4, 0.5) is 4.79 Å². The number of benzene rings is 2. The van der Waals surface area contributed by atoms with E-state index >= 15 is 0 Å². The van der Waals surface area contributed by atoms with Gasteiger partial charge in [0.1, 0.15) is 6.61 Å². The summed E-state index contributed by atoms with van der Waals surface area (Å²) >= 11 is 0. The number of ether oxygens (including phenoxy) is 3. The molecule has 2 atom stereocenters. The second kappa shape index (κ2) is 9.63. The molecule has 7 heteroatoms. The van der Waals surface area contributed by atoms with Crippen molar-refractivity contribution in [3.63, 3.8) is 0 Å². The summed E-state index contributed by atoms with van der Waals surface area (Å²) < 4.78 is 17.0. The van der Waals surface area contributed by atoms with Gasteiger partial charge in [0.2, 0.25) is 5.88 Å². The normalized spacial score (nSPS) is 22.2. The maximum atomic E-state index is 13.4. The van der Waals surface area contributed by atoms with Crippen molar-refractivity contribution in [2.75, 3.05) is 26.9 Å². The summed E-state index contributed by atoms with van der Waals surface area (Å²) in [4.78, 5) is 32.8. The van der Waals surface area contributed by atoms with E-state index in [1.54, 1.807) is 13.3 Å². The molecule has 2 unspecified atom stereocenters. The molecule has 190 valence electrons. The fourth-order valence-corrected chi connectivity index (χ4v) is 6.24. The van der Waals surface area contributed by atoms with Crippen molar-refractivity contribution in [2.24, 2.45) is 5.92 Å². The second-order valence-corrected chi connectivity index (χ2v) is 10.1. The van der Waals surface area contributed by atoms with Gasteiger partial charge in [-0.25, -0.2) is 9.78 Å². The number of morpholine rings is 1. The lowest BCUT2D eigenvalue weighted by molar-refractivity contribution is -0.0747. The zero-order valence-electron chi connectivity index (χ0n) is 21.1.